The van der Waals surface area contributed by atoms with Crippen LogP contribution in [0.1, 0.15) is 47.1 Å². The van der Waals surface area contributed by atoms with E-state index < -0.39 is 29.0 Å². The van der Waals surface area contributed by atoms with Crippen molar-refractivity contribution < 1.29 is 22.4 Å². The first-order valence-electron chi connectivity index (χ1n) is 10.6. The maximum Gasteiger partial charge on any atom is 0.416 e. The van der Waals surface area contributed by atoms with Crippen molar-refractivity contribution in [3.8, 4) is 5.69 Å². The molecule has 34 heavy (non-hydrogen) atoms. The van der Waals surface area contributed by atoms with Gasteiger partial charge in [-0.15, -0.1) is 0 Å². The lowest BCUT2D eigenvalue weighted by Gasteiger charge is -2.34. The molecule has 0 radical (unpaired) electrons. The number of hydrogen-bond donors (Lipinski definition) is 1. The van der Waals surface area contributed by atoms with Gasteiger partial charge in [0.1, 0.15) is 22.9 Å². The number of benzene rings is 2. The predicted octanol–water partition coefficient (Wildman–Crippen LogP) is 4.76. The third-order valence-corrected chi connectivity index (χ3v) is 6.37. The average Bonchev–Trinajstić information content (AvgIpc) is 3.53. The number of fused-ring (bicyclic) bond motifs is 1. The number of rotatable bonds is 3. The molecule has 176 valence electrons. The summed E-state index contributed by atoms with van der Waals surface area (Å²) in [6.07, 6.45) is -0.507. The molecule has 1 amide bonds. The Morgan fingerprint density at radius 3 is 2.59 bits per heavy atom. The standard InChI is InChI=1S/C23H20F4N6O/c1-13-4-7-17(33-28-9-10-29-33)18(19(13)24)20(34)32-11-3-8-22(32,2)21-30-15-6-5-14(23(25,26)27)12-16(15)31-21/h4-7,9-10,12H,3,8,11H2,1-2H3,(H,30,31). The van der Waals surface area contributed by atoms with E-state index in [-0.39, 0.29) is 16.8 Å². The number of nitrogens with one attached hydrogen (secondary N) is 1. The third-order valence-electron chi connectivity index (χ3n) is 6.37. The summed E-state index contributed by atoms with van der Waals surface area (Å²) in [6.45, 7) is 3.67. The van der Waals surface area contributed by atoms with E-state index in [9.17, 15) is 18.0 Å². The monoisotopic (exact) mass is 472 g/mol. The number of imidazole rings is 1. The molecule has 1 N–H and O–H groups in total. The topological polar surface area (TPSA) is 79.7 Å². The number of alkyl halides is 3. The minimum absolute atomic E-state index is 0.167. The van der Waals surface area contributed by atoms with Gasteiger partial charge in [0.25, 0.3) is 5.91 Å². The molecule has 2 aromatic carbocycles. The molecule has 1 aliphatic rings. The molecule has 0 saturated carbocycles. The zero-order valence-corrected chi connectivity index (χ0v) is 18.3. The van der Waals surface area contributed by atoms with Crippen molar-refractivity contribution in [3.05, 3.63) is 71.1 Å². The summed E-state index contributed by atoms with van der Waals surface area (Å²) >= 11 is 0. The van der Waals surface area contributed by atoms with Crippen molar-refractivity contribution in [2.75, 3.05) is 6.54 Å². The van der Waals surface area contributed by atoms with Gasteiger partial charge in [0.2, 0.25) is 0 Å². The van der Waals surface area contributed by atoms with Crippen LogP contribution in [0.25, 0.3) is 16.7 Å². The number of amides is 1. The van der Waals surface area contributed by atoms with Crippen LogP contribution in [0.15, 0.2) is 42.7 Å². The quantitative estimate of drug-likeness (QED) is 0.436. The van der Waals surface area contributed by atoms with Gasteiger partial charge in [0.15, 0.2) is 0 Å². The molecule has 0 bridgehead atoms. The van der Waals surface area contributed by atoms with E-state index in [1.54, 1.807) is 26.0 Å². The summed E-state index contributed by atoms with van der Waals surface area (Å²) < 4.78 is 54.7. The molecular weight excluding hydrogens is 452 g/mol. The molecule has 1 unspecified atom stereocenters. The SMILES string of the molecule is Cc1ccc(-n2nccn2)c(C(=O)N2CCCC2(C)c2nc3ccc(C(F)(F)F)cc3[nH]2)c1F. The van der Waals surface area contributed by atoms with E-state index in [4.69, 9.17) is 0 Å². The zero-order valence-electron chi connectivity index (χ0n) is 18.3. The zero-order chi connectivity index (χ0) is 24.3. The minimum atomic E-state index is -4.49. The Labute approximate surface area is 191 Å². The van der Waals surface area contributed by atoms with Gasteiger partial charge in [-0.1, -0.05) is 6.07 Å². The highest BCUT2D eigenvalue weighted by molar-refractivity contribution is 5.99. The normalized spacial score (nSPS) is 18.7. The maximum atomic E-state index is 15.3. The molecule has 11 heteroatoms. The van der Waals surface area contributed by atoms with Crippen molar-refractivity contribution in [1.29, 1.82) is 0 Å². The molecule has 4 aromatic rings. The van der Waals surface area contributed by atoms with Crippen LogP contribution < -0.4 is 0 Å². The largest absolute Gasteiger partial charge is 0.416 e. The van der Waals surface area contributed by atoms with Crippen molar-refractivity contribution in [3.63, 3.8) is 0 Å². The lowest BCUT2D eigenvalue weighted by molar-refractivity contribution is -0.137. The highest BCUT2D eigenvalue weighted by atomic mass is 19.4. The molecular formula is C23H20F4N6O. The van der Waals surface area contributed by atoms with E-state index in [1.807, 2.05) is 0 Å². The molecule has 1 atom stereocenters. The fraction of sp³-hybridized carbons (Fsp3) is 0.304. The van der Waals surface area contributed by atoms with Crippen LogP contribution in [-0.2, 0) is 11.7 Å². The first-order chi connectivity index (χ1) is 16.1. The van der Waals surface area contributed by atoms with Crippen LogP contribution in [-0.4, -0.2) is 42.3 Å². The number of aryl methyl sites for hydroxylation is 1. The lowest BCUT2D eigenvalue weighted by Crippen LogP contribution is -2.44. The van der Waals surface area contributed by atoms with Gasteiger partial charge in [-0.25, -0.2) is 9.37 Å². The van der Waals surface area contributed by atoms with Crippen molar-refractivity contribution in [2.45, 2.75) is 38.4 Å². The number of carbonyl (C=O) groups excluding carboxylic acids is 1. The summed E-state index contributed by atoms with van der Waals surface area (Å²) in [5.41, 5.74) is -0.868. The Morgan fingerprint density at radius 1 is 1.15 bits per heavy atom. The molecule has 0 aliphatic carbocycles. The summed E-state index contributed by atoms with van der Waals surface area (Å²) in [6, 6.07) is 6.39. The van der Waals surface area contributed by atoms with Gasteiger partial charge in [-0.05, 0) is 56.5 Å². The van der Waals surface area contributed by atoms with Crippen LogP contribution in [0, 0.1) is 12.7 Å². The molecule has 2 aromatic heterocycles. The number of carbonyl (C=O) groups is 1. The van der Waals surface area contributed by atoms with Crippen LogP contribution in [0.4, 0.5) is 17.6 Å². The predicted molar refractivity (Wildman–Crippen MR) is 115 cm³/mol. The number of H-pyrrole nitrogens is 1. The number of likely N-dealkylation sites (tertiary alicyclic amines) is 1. The fourth-order valence-electron chi connectivity index (χ4n) is 4.49. The second-order valence-electron chi connectivity index (χ2n) is 8.56. The molecule has 5 rings (SSSR count). The Bertz CT molecular complexity index is 1390. The van der Waals surface area contributed by atoms with E-state index in [2.05, 4.69) is 20.2 Å². The molecule has 0 spiro atoms. The third kappa shape index (κ3) is 3.42. The Balaban J connectivity index is 1.59. The van der Waals surface area contributed by atoms with E-state index in [1.165, 1.54) is 28.2 Å². The Hall–Kier alpha value is -3.76. The highest BCUT2D eigenvalue weighted by Crippen LogP contribution is 2.40. The van der Waals surface area contributed by atoms with Gasteiger partial charge in [0.05, 0.1) is 34.5 Å². The highest BCUT2D eigenvalue weighted by Gasteiger charge is 2.45. The molecule has 1 aliphatic heterocycles. The van der Waals surface area contributed by atoms with Crippen molar-refractivity contribution in [1.82, 2.24) is 29.9 Å². The molecule has 1 fully saturated rings. The first-order valence-corrected chi connectivity index (χ1v) is 10.6. The van der Waals surface area contributed by atoms with Gasteiger partial charge < -0.3 is 9.88 Å². The molecule has 1 saturated heterocycles. The van der Waals surface area contributed by atoms with Crippen LogP contribution in [0.2, 0.25) is 0 Å². The van der Waals surface area contributed by atoms with Crippen LogP contribution >= 0.6 is 0 Å². The number of nitrogens with zero attached hydrogens (tertiary/aromatic N) is 5. The maximum absolute atomic E-state index is 15.3. The summed E-state index contributed by atoms with van der Waals surface area (Å²) in [5, 5.41) is 8.07. The Morgan fingerprint density at radius 2 is 1.88 bits per heavy atom. The van der Waals surface area contributed by atoms with Crippen molar-refractivity contribution in [2.24, 2.45) is 0 Å². The second-order valence-corrected chi connectivity index (χ2v) is 8.56. The lowest BCUT2D eigenvalue weighted by atomic mass is 9.96. The van der Waals surface area contributed by atoms with Crippen LogP contribution in [0.5, 0.6) is 0 Å². The smallest absolute Gasteiger partial charge is 0.340 e. The minimum Gasteiger partial charge on any atom is -0.340 e. The van der Waals surface area contributed by atoms with Gasteiger partial charge in [0, 0.05) is 6.54 Å². The Kier molecular flexibility index (Phi) is 4.96. The van der Waals surface area contributed by atoms with E-state index in [0.29, 0.717) is 36.3 Å². The number of hydrogen-bond acceptors (Lipinski definition) is 4. The van der Waals surface area contributed by atoms with Crippen LogP contribution in [0.3, 0.4) is 0 Å². The van der Waals surface area contributed by atoms with Gasteiger partial charge >= 0.3 is 6.18 Å². The average molecular weight is 472 g/mol. The summed E-state index contributed by atoms with van der Waals surface area (Å²) in [5.74, 6) is -0.891. The number of halogens is 4. The molecule has 7 nitrogen and oxygen atoms in total. The van der Waals surface area contributed by atoms with E-state index in [0.717, 1.165) is 12.1 Å². The van der Waals surface area contributed by atoms with Gasteiger partial charge in [-0.2, -0.15) is 28.2 Å². The first kappa shape index (κ1) is 22.1. The van der Waals surface area contributed by atoms with Crippen molar-refractivity contribution >= 4 is 16.9 Å². The van der Waals surface area contributed by atoms with E-state index >= 15 is 4.39 Å². The number of aromatic amines is 1. The summed E-state index contributed by atoms with van der Waals surface area (Å²) in [4.78, 5) is 23.9. The summed E-state index contributed by atoms with van der Waals surface area (Å²) in [7, 11) is 0. The van der Waals surface area contributed by atoms with Gasteiger partial charge in [-0.3, -0.25) is 4.79 Å². The molecule has 3 heterocycles. The number of aromatic nitrogens is 5. The second kappa shape index (κ2) is 7.64. The fourth-order valence-corrected chi connectivity index (χ4v) is 4.49.